The van der Waals surface area contributed by atoms with Gasteiger partial charge in [-0.2, -0.15) is 0 Å². The maximum Gasteiger partial charge on any atom is 0.162 e. The van der Waals surface area contributed by atoms with Crippen LogP contribution in [0, 0.1) is 0 Å². The average Bonchev–Trinajstić information content (AvgIpc) is 2.17. The Morgan fingerprint density at radius 3 is 2.06 bits per heavy atom. The maximum atomic E-state index is 11.5. The van der Waals surface area contributed by atoms with Gasteiger partial charge in [0.05, 0.1) is 0 Å². The van der Waals surface area contributed by atoms with E-state index >= 15 is 0 Å². The molecule has 0 saturated carbocycles. The summed E-state index contributed by atoms with van der Waals surface area (Å²) in [6.07, 6.45) is 0.458. The number of rotatable bonds is 3. The molecule has 1 rings (SSSR count). The highest BCUT2D eigenvalue weighted by Gasteiger charge is 2.13. The fourth-order valence-corrected chi connectivity index (χ4v) is 1.46. The minimum atomic E-state index is 0.114. The van der Waals surface area contributed by atoms with Crippen molar-refractivity contribution in [2.75, 3.05) is 0 Å². The Bertz CT molecular complexity index is 390. The number of carbonyl (C=O) groups is 1. The van der Waals surface area contributed by atoms with Crippen LogP contribution < -0.4 is 0 Å². The minimum absolute atomic E-state index is 0.114. The first-order valence-corrected chi connectivity index (χ1v) is 5.59. The Balaban J connectivity index is 2.80. The maximum absolute atomic E-state index is 11.5. The van der Waals surface area contributed by atoms with Gasteiger partial charge in [0.15, 0.2) is 5.78 Å². The second-order valence-corrected chi connectivity index (χ2v) is 5.33. The highest BCUT2D eigenvalue weighted by molar-refractivity contribution is 5.95. The first-order chi connectivity index (χ1) is 7.30. The van der Waals surface area contributed by atoms with Crippen LogP contribution in [0.15, 0.2) is 36.4 Å². The molecule has 1 nitrogen and oxygen atoms in total. The van der Waals surface area contributed by atoms with Crippen molar-refractivity contribution in [3.63, 3.8) is 0 Å². The van der Waals surface area contributed by atoms with Crippen molar-refractivity contribution in [1.82, 2.24) is 0 Å². The number of allylic oxidation sites excluding steroid dienone is 1. The molecule has 0 bridgehead atoms. The number of hydrogen-bond donors (Lipinski definition) is 0. The van der Waals surface area contributed by atoms with Crippen molar-refractivity contribution in [2.24, 2.45) is 0 Å². The molecule has 16 heavy (non-hydrogen) atoms. The molecular weight excluding hydrogens is 196 g/mol. The molecule has 0 N–H and O–H groups in total. The monoisotopic (exact) mass is 216 g/mol. The van der Waals surface area contributed by atoms with Crippen LogP contribution >= 0.6 is 0 Å². The normalized spacial score (nSPS) is 11.2. The fourth-order valence-electron chi connectivity index (χ4n) is 1.46. The zero-order chi connectivity index (χ0) is 12.3. The minimum Gasteiger partial charge on any atom is -0.294 e. The highest BCUT2D eigenvalue weighted by atomic mass is 16.1. The van der Waals surface area contributed by atoms with E-state index in [1.807, 2.05) is 12.1 Å². The Kier molecular flexibility index (Phi) is 3.69. The van der Waals surface area contributed by atoms with E-state index in [4.69, 9.17) is 0 Å². The summed E-state index contributed by atoms with van der Waals surface area (Å²) >= 11 is 0. The molecule has 0 aromatic heterocycles. The summed E-state index contributed by atoms with van der Waals surface area (Å²) in [5.41, 5.74) is 3.14. The van der Waals surface area contributed by atoms with Gasteiger partial charge in [-0.3, -0.25) is 4.79 Å². The predicted octanol–water partition coefficient (Wildman–Crippen LogP) is 3.67. The van der Waals surface area contributed by atoms with Gasteiger partial charge in [-0.1, -0.05) is 51.6 Å². The van der Waals surface area contributed by atoms with Gasteiger partial charge in [0.25, 0.3) is 0 Å². The topological polar surface area (TPSA) is 17.1 Å². The largest absolute Gasteiger partial charge is 0.294 e. The first kappa shape index (κ1) is 12.7. The lowest BCUT2D eigenvalue weighted by Crippen LogP contribution is -2.11. The Hall–Kier alpha value is -1.37. The molecule has 0 aliphatic carbocycles. The summed E-state index contributed by atoms with van der Waals surface area (Å²) in [7, 11) is 0. The molecule has 0 aliphatic rings. The molecule has 0 heterocycles. The molecule has 0 radical (unpaired) electrons. The van der Waals surface area contributed by atoms with Crippen molar-refractivity contribution in [3.05, 3.63) is 47.5 Å². The van der Waals surface area contributed by atoms with Crippen molar-refractivity contribution >= 4 is 5.78 Å². The molecule has 0 fully saturated rings. The summed E-state index contributed by atoms with van der Waals surface area (Å²) < 4.78 is 0. The van der Waals surface area contributed by atoms with Crippen LogP contribution in [0.3, 0.4) is 0 Å². The Morgan fingerprint density at radius 2 is 1.69 bits per heavy atom. The third-order valence-corrected chi connectivity index (χ3v) is 2.66. The van der Waals surface area contributed by atoms with Crippen molar-refractivity contribution in [2.45, 2.75) is 39.5 Å². The van der Waals surface area contributed by atoms with Gasteiger partial charge < -0.3 is 0 Å². The van der Waals surface area contributed by atoms with E-state index in [-0.39, 0.29) is 11.2 Å². The molecule has 0 saturated heterocycles. The molecule has 0 spiro atoms. The van der Waals surface area contributed by atoms with Gasteiger partial charge >= 0.3 is 0 Å². The van der Waals surface area contributed by atoms with Crippen molar-refractivity contribution in [1.29, 1.82) is 0 Å². The lowest BCUT2D eigenvalue weighted by Gasteiger charge is -2.19. The van der Waals surface area contributed by atoms with E-state index in [9.17, 15) is 4.79 Å². The van der Waals surface area contributed by atoms with Gasteiger partial charge in [-0.05, 0) is 29.0 Å². The van der Waals surface area contributed by atoms with Gasteiger partial charge in [0.1, 0.15) is 0 Å². The van der Waals surface area contributed by atoms with Crippen LogP contribution in [-0.2, 0) is 16.6 Å². The van der Waals surface area contributed by atoms with Crippen molar-refractivity contribution < 1.29 is 4.79 Å². The predicted molar refractivity (Wildman–Crippen MR) is 68.7 cm³/mol. The van der Waals surface area contributed by atoms with Crippen LogP contribution in [0.4, 0.5) is 0 Å². The van der Waals surface area contributed by atoms with Crippen LogP contribution in [-0.4, -0.2) is 5.78 Å². The number of hydrogen-bond acceptors (Lipinski definition) is 1. The third-order valence-electron chi connectivity index (χ3n) is 2.66. The van der Waals surface area contributed by atoms with E-state index in [0.717, 1.165) is 5.56 Å². The fraction of sp³-hybridized carbons (Fsp3) is 0.400. The molecule has 0 unspecified atom stereocenters. The van der Waals surface area contributed by atoms with E-state index in [0.29, 0.717) is 12.0 Å². The molecular formula is C15H20O. The van der Waals surface area contributed by atoms with Crippen LogP contribution in [0.5, 0.6) is 0 Å². The van der Waals surface area contributed by atoms with Crippen LogP contribution in [0.2, 0.25) is 0 Å². The zero-order valence-electron chi connectivity index (χ0n) is 10.6. The number of ketones is 1. The van der Waals surface area contributed by atoms with Gasteiger partial charge in [-0.25, -0.2) is 0 Å². The van der Waals surface area contributed by atoms with E-state index in [1.54, 1.807) is 6.92 Å². The smallest absolute Gasteiger partial charge is 0.162 e. The molecule has 1 aromatic rings. The zero-order valence-corrected chi connectivity index (χ0v) is 10.6. The molecule has 86 valence electrons. The van der Waals surface area contributed by atoms with Gasteiger partial charge in [0.2, 0.25) is 0 Å². The Labute approximate surface area is 98.2 Å². The highest BCUT2D eigenvalue weighted by Crippen LogP contribution is 2.22. The summed E-state index contributed by atoms with van der Waals surface area (Å²) in [5.74, 6) is 0.114. The quantitative estimate of drug-likeness (QED) is 0.704. The van der Waals surface area contributed by atoms with Crippen LogP contribution in [0.1, 0.15) is 38.8 Å². The molecule has 0 amide bonds. The molecule has 1 aromatic carbocycles. The third kappa shape index (κ3) is 3.34. The van der Waals surface area contributed by atoms with E-state index < -0.39 is 0 Å². The lowest BCUT2D eigenvalue weighted by molar-refractivity contribution is -0.114. The average molecular weight is 216 g/mol. The summed E-state index contributed by atoms with van der Waals surface area (Å²) in [6.45, 7) is 12.0. The summed E-state index contributed by atoms with van der Waals surface area (Å²) in [6, 6.07) is 8.25. The molecule has 1 heteroatoms. The summed E-state index contributed by atoms with van der Waals surface area (Å²) in [5, 5.41) is 0. The van der Waals surface area contributed by atoms with Gasteiger partial charge in [0, 0.05) is 6.42 Å². The van der Waals surface area contributed by atoms with E-state index in [2.05, 4.69) is 39.5 Å². The number of benzene rings is 1. The van der Waals surface area contributed by atoms with E-state index in [1.165, 1.54) is 5.56 Å². The second kappa shape index (κ2) is 4.65. The molecule has 0 atom stereocenters. The SMILES string of the molecule is C=C(C)C(=O)Cc1ccc(C(C)(C)C)cc1. The lowest BCUT2D eigenvalue weighted by atomic mass is 9.86. The number of Topliss-reactive ketones (excluding diaryl/α,β-unsaturated/α-hetero) is 1. The first-order valence-electron chi connectivity index (χ1n) is 5.59. The Morgan fingerprint density at radius 1 is 1.19 bits per heavy atom. The summed E-state index contributed by atoms with van der Waals surface area (Å²) in [4.78, 5) is 11.5. The van der Waals surface area contributed by atoms with Crippen LogP contribution in [0.25, 0.3) is 0 Å². The second-order valence-electron chi connectivity index (χ2n) is 5.33. The number of carbonyl (C=O) groups excluding carboxylic acids is 1. The standard InChI is InChI=1S/C15H20O/c1-11(2)14(16)10-12-6-8-13(9-7-12)15(3,4)5/h6-9H,1,10H2,2-5H3. The van der Waals surface area contributed by atoms with Crippen molar-refractivity contribution in [3.8, 4) is 0 Å². The van der Waals surface area contributed by atoms with Gasteiger partial charge in [-0.15, -0.1) is 0 Å². The molecule has 0 aliphatic heterocycles.